The zero-order chi connectivity index (χ0) is 9.54. The van der Waals surface area contributed by atoms with Crippen LogP contribution in [0.5, 0.6) is 0 Å². The molecule has 3 rings (SSSR count). The molecule has 0 amide bonds. The summed E-state index contributed by atoms with van der Waals surface area (Å²) in [6.07, 6.45) is 0. The predicted octanol–water partition coefficient (Wildman–Crippen LogP) is 2.54. The maximum Gasteiger partial charge on any atom is 0.519 e. The molecule has 0 N–H and O–H groups in total. The van der Waals surface area contributed by atoms with Gasteiger partial charge in [0.15, 0.2) is 11.2 Å². The minimum atomic E-state index is -0.657. The molecule has 0 saturated heterocycles. The van der Waals surface area contributed by atoms with Gasteiger partial charge in [0.25, 0.3) is 0 Å². The fourth-order valence-electron chi connectivity index (χ4n) is 1.56. The quantitative estimate of drug-likeness (QED) is 0.541. The molecule has 3 heteroatoms. The molecule has 0 radical (unpaired) electrons. The summed E-state index contributed by atoms with van der Waals surface area (Å²) in [6, 6.07) is 11.4. The maximum atomic E-state index is 10.8. The molecule has 3 aromatic rings. The highest BCUT2D eigenvalue weighted by Crippen LogP contribution is 2.21. The molecule has 0 spiro atoms. The SMILES string of the molecule is O=c1oc2cc3ccccc3cc2o1. The smallest absolute Gasteiger partial charge is 0.391 e. The summed E-state index contributed by atoms with van der Waals surface area (Å²) in [5.41, 5.74) is 0.988. The summed E-state index contributed by atoms with van der Waals surface area (Å²) < 4.78 is 9.71. The summed E-state index contributed by atoms with van der Waals surface area (Å²) in [7, 11) is 0. The molecule has 0 aliphatic heterocycles. The molecule has 14 heavy (non-hydrogen) atoms. The van der Waals surface area contributed by atoms with E-state index in [1.54, 1.807) is 12.1 Å². The Balaban J connectivity index is 2.57. The Morgan fingerprint density at radius 2 is 1.36 bits per heavy atom. The van der Waals surface area contributed by atoms with Crippen molar-refractivity contribution >= 4 is 21.9 Å². The van der Waals surface area contributed by atoms with E-state index in [2.05, 4.69) is 0 Å². The topological polar surface area (TPSA) is 43.4 Å². The minimum Gasteiger partial charge on any atom is -0.391 e. The van der Waals surface area contributed by atoms with Crippen LogP contribution < -0.4 is 5.82 Å². The van der Waals surface area contributed by atoms with Gasteiger partial charge in [0.1, 0.15) is 0 Å². The Labute approximate surface area is 78.6 Å². The lowest BCUT2D eigenvalue weighted by Crippen LogP contribution is -1.84. The van der Waals surface area contributed by atoms with Crippen LogP contribution in [0.15, 0.2) is 50.0 Å². The lowest BCUT2D eigenvalue weighted by molar-refractivity contribution is 0.409. The van der Waals surface area contributed by atoms with Gasteiger partial charge in [-0.3, -0.25) is 0 Å². The third-order valence-corrected chi connectivity index (χ3v) is 2.20. The second kappa shape index (κ2) is 2.48. The number of hydrogen-bond acceptors (Lipinski definition) is 3. The van der Waals surface area contributed by atoms with Crippen LogP contribution in [-0.2, 0) is 0 Å². The van der Waals surface area contributed by atoms with Crippen LogP contribution in [0.3, 0.4) is 0 Å². The second-order valence-corrected chi connectivity index (χ2v) is 3.10. The third kappa shape index (κ3) is 0.956. The van der Waals surface area contributed by atoms with E-state index in [-0.39, 0.29) is 0 Å². The van der Waals surface area contributed by atoms with Crippen molar-refractivity contribution in [1.82, 2.24) is 0 Å². The fourth-order valence-corrected chi connectivity index (χ4v) is 1.56. The Bertz CT molecular complexity index is 605. The van der Waals surface area contributed by atoms with Crippen LogP contribution in [-0.4, -0.2) is 0 Å². The van der Waals surface area contributed by atoms with Crippen molar-refractivity contribution in [3.63, 3.8) is 0 Å². The first kappa shape index (κ1) is 7.38. The summed E-state index contributed by atoms with van der Waals surface area (Å²) >= 11 is 0. The lowest BCUT2D eigenvalue weighted by atomic mass is 10.1. The van der Waals surface area contributed by atoms with Crippen LogP contribution >= 0.6 is 0 Å². The van der Waals surface area contributed by atoms with Crippen LogP contribution in [0, 0.1) is 0 Å². The average Bonchev–Trinajstić information content (AvgIpc) is 2.53. The lowest BCUT2D eigenvalue weighted by Gasteiger charge is -1.94. The van der Waals surface area contributed by atoms with Crippen LogP contribution in [0.4, 0.5) is 0 Å². The van der Waals surface area contributed by atoms with E-state index in [4.69, 9.17) is 8.83 Å². The zero-order valence-electron chi connectivity index (χ0n) is 7.19. The van der Waals surface area contributed by atoms with Gasteiger partial charge in [0, 0.05) is 0 Å². The van der Waals surface area contributed by atoms with Crippen molar-refractivity contribution in [2.24, 2.45) is 0 Å². The molecule has 0 aliphatic carbocycles. The van der Waals surface area contributed by atoms with Crippen molar-refractivity contribution in [3.8, 4) is 0 Å². The van der Waals surface area contributed by atoms with Gasteiger partial charge >= 0.3 is 5.82 Å². The highest BCUT2D eigenvalue weighted by atomic mass is 16.6. The van der Waals surface area contributed by atoms with Gasteiger partial charge in [0.2, 0.25) is 0 Å². The molecule has 1 heterocycles. The molecule has 68 valence electrons. The average molecular weight is 186 g/mol. The van der Waals surface area contributed by atoms with Gasteiger partial charge in [-0.15, -0.1) is 0 Å². The molecule has 0 atom stereocenters. The van der Waals surface area contributed by atoms with Gasteiger partial charge < -0.3 is 8.83 Å². The number of fused-ring (bicyclic) bond motifs is 2. The Hall–Kier alpha value is -2.03. The van der Waals surface area contributed by atoms with Crippen molar-refractivity contribution in [3.05, 3.63) is 47.0 Å². The number of benzene rings is 2. The van der Waals surface area contributed by atoms with E-state index in [1.165, 1.54) is 0 Å². The number of hydrogen-bond donors (Lipinski definition) is 0. The van der Waals surface area contributed by atoms with E-state index in [0.29, 0.717) is 11.2 Å². The third-order valence-electron chi connectivity index (χ3n) is 2.20. The normalized spacial score (nSPS) is 11.1. The van der Waals surface area contributed by atoms with Crippen molar-refractivity contribution in [2.75, 3.05) is 0 Å². The Kier molecular flexibility index (Phi) is 1.31. The van der Waals surface area contributed by atoms with Gasteiger partial charge in [0.05, 0.1) is 0 Å². The fraction of sp³-hybridized carbons (Fsp3) is 0. The summed E-state index contributed by atoms with van der Waals surface area (Å²) in [4.78, 5) is 10.8. The standard InChI is InChI=1S/C11H6O3/c12-11-13-9-5-7-3-1-2-4-8(7)6-10(9)14-11/h1-6H. The zero-order valence-corrected chi connectivity index (χ0v) is 7.19. The molecule has 2 aromatic carbocycles. The van der Waals surface area contributed by atoms with E-state index < -0.39 is 5.82 Å². The molecule has 0 unspecified atom stereocenters. The summed E-state index contributed by atoms with van der Waals surface area (Å²) in [5, 5.41) is 2.06. The van der Waals surface area contributed by atoms with Crippen molar-refractivity contribution in [1.29, 1.82) is 0 Å². The molecule has 3 nitrogen and oxygen atoms in total. The van der Waals surface area contributed by atoms with Gasteiger partial charge in [-0.25, -0.2) is 4.79 Å². The van der Waals surface area contributed by atoms with E-state index in [1.807, 2.05) is 24.3 Å². The van der Waals surface area contributed by atoms with Crippen LogP contribution in [0.1, 0.15) is 0 Å². The predicted molar refractivity (Wildman–Crippen MR) is 52.3 cm³/mol. The highest BCUT2D eigenvalue weighted by Gasteiger charge is 2.04. The van der Waals surface area contributed by atoms with Gasteiger partial charge in [-0.2, -0.15) is 0 Å². The van der Waals surface area contributed by atoms with E-state index in [0.717, 1.165) is 10.8 Å². The molecule has 1 aromatic heterocycles. The van der Waals surface area contributed by atoms with Gasteiger partial charge in [-0.1, -0.05) is 24.3 Å². The molecule has 0 saturated carbocycles. The molecular weight excluding hydrogens is 180 g/mol. The van der Waals surface area contributed by atoms with E-state index in [9.17, 15) is 4.79 Å². The molecule has 0 bridgehead atoms. The monoisotopic (exact) mass is 186 g/mol. The first-order chi connectivity index (χ1) is 6.83. The van der Waals surface area contributed by atoms with Crippen molar-refractivity contribution < 1.29 is 8.83 Å². The largest absolute Gasteiger partial charge is 0.519 e. The number of rotatable bonds is 0. The highest BCUT2D eigenvalue weighted by molar-refractivity contribution is 5.93. The Morgan fingerprint density at radius 1 is 0.857 bits per heavy atom. The first-order valence-electron chi connectivity index (χ1n) is 4.25. The molecule has 0 aliphatic rings. The maximum absolute atomic E-state index is 10.8. The summed E-state index contributed by atoms with van der Waals surface area (Å²) in [6.45, 7) is 0. The Morgan fingerprint density at radius 3 is 1.86 bits per heavy atom. The van der Waals surface area contributed by atoms with Crippen LogP contribution in [0.25, 0.3) is 21.9 Å². The van der Waals surface area contributed by atoms with E-state index >= 15 is 0 Å². The van der Waals surface area contributed by atoms with Gasteiger partial charge in [-0.05, 0) is 22.9 Å². The molecular formula is C11H6O3. The van der Waals surface area contributed by atoms with Crippen molar-refractivity contribution in [2.45, 2.75) is 0 Å². The first-order valence-corrected chi connectivity index (χ1v) is 4.25. The second-order valence-electron chi connectivity index (χ2n) is 3.10. The summed E-state index contributed by atoms with van der Waals surface area (Å²) in [5.74, 6) is -0.657. The molecule has 0 fully saturated rings. The minimum absolute atomic E-state index is 0.494. The van der Waals surface area contributed by atoms with Crippen LogP contribution in [0.2, 0.25) is 0 Å².